The summed E-state index contributed by atoms with van der Waals surface area (Å²) in [7, 11) is 0. The number of hydrogen-bond donors (Lipinski definition) is 2. The Bertz CT molecular complexity index is 966. The second kappa shape index (κ2) is 6.23. The lowest BCUT2D eigenvalue weighted by atomic mass is 10.0. The van der Waals surface area contributed by atoms with Crippen LogP contribution in [0.2, 0.25) is 0 Å². The van der Waals surface area contributed by atoms with E-state index >= 15 is 0 Å². The van der Waals surface area contributed by atoms with E-state index < -0.39 is 0 Å². The SMILES string of the molecule is CC(C)c1cc(NC(=O)c2cc(C3CC3)nc3onc(C(C)C)c23)n[nH]1. The Morgan fingerprint density at radius 3 is 2.62 bits per heavy atom. The Kier molecular flexibility index (Phi) is 4.01. The molecule has 7 nitrogen and oxygen atoms in total. The van der Waals surface area contributed by atoms with Crippen LogP contribution < -0.4 is 5.32 Å². The van der Waals surface area contributed by atoms with Crippen molar-refractivity contribution < 1.29 is 9.32 Å². The molecule has 0 aliphatic heterocycles. The standard InChI is InChI=1S/C19H23N5O2/c1-9(2)13-8-15(23-22-13)21-18(25)12-7-14(11-5-6-11)20-19-16(12)17(10(3)4)24-26-19/h7-11H,5-6H2,1-4H3,(H2,21,22,23,25). The average Bonchev–Trinajstić information content (AvgIpc) is 3.18. The molecule has 26 heavy (non-hydrogen) atoms. The Morgan fingerprint density at radius 1 is 1.23 bits per heavy atom. The van der Waals surface area contributed by atoms with Crippen LogP contribution in [0, 0.1) is 0 Å². The largest absolute Gasteiger partial charge is 0.335 e. The van der Waals surface area contributed by atoms with Gasteiger partial charge in [-0.2, -0.15) is 5.10 Å². The summed E-state index contributed by atoms with van der Waals surface area (Å²) in [4.78, 5) is 17.6. The quantitative estimate of drug-likeness (QED) is 0.712. The monoisotopic (exact) mass is 353 g/mol. The zero-order valence-corrected chi connectivity index (χ0v) is 15.5. The number of carbonyl (C=O) groups is 1. The highest BCUT2D eigenvalue weighted by atomic mass is 16.5. The van der Waals surface area contributed by atoms with Gasteiger partial charge in [0.2, 0.25) is 0 Å². The summed E-state index contributed by atoms with van der Waals surface area (Å²) in [5.74, 6) is 1.16. The second-order valence-electron chi connectivity index (χ2n) is 7.59. The van der Waals surface area contributed by atoms with Crippen LogP contribution in [-0.4, -0.2) is 26.2 Å². The molecule has 1 amide bonds. The first-order chi connectivity index (χ1) is 12.4. The highest BCUT2D eigenvalue weighted by Crippen LogP contribution is 2.41. The minimum absolute atomic E-state index is 0.134. The smallest absolute Gasteiger partial charge is 0.259 e. The van der Waals surface area contributed by atoms with Crippen molar-refractivity contribution >= 4 is 22.8 Å². The Balaban J connectivity index is 1.74. The molecule has 1 saturated carbocycles. The molecule has 3 aromatic rings. The van der Waals surface area contributed by atoms with Gasteiger partial charge in [-0.3, -0.25) is 9.89 Å². The number of H-pyrrole nitrogens is 1. The third kappa shape index (κ3) is 2.98. The molecule has 1 aliphatic rings. The van der Waals surface area contributed by atoms with Crippen molar-refractivity contribution in [3.63, 3.8) is 0 Å². The fourth-order valence-electron chi connectivity index (χ4n) is 3.03. The summed E-state index contributed by atoms with van der Waals surface area (Å²) in [5, 5.41) is 14.9. The molecule has 0 atom stereocenters. The molecule has 3 heterocycles. The van der Waals surface area contributed by atoms with E-state index in [0.29, 0.717) is 34.3 Å². The number of aromatic nitrogens is 4. The summed E-state index contributed by atoms with van der Waals surface area (Å²) in [6.07, 6.45) is 2.20. The van der Waals surface area contributed by atoms with E-state index in [4.69, 9.17) is 4.52 Å². The number of rotatable bonds is 5. The Hall–Kier alpha value is -2.70. The minimum Gasteiger partial charge on any atom is -0.335 e. The van der Waals surface area contributed by atoms with Crippen molar-refractivity contribution in [1.82, 2.24) is 20.3 Å². The van der Waals surface area contributed by atoms with E-state index in [0.717, 1.165) is 29.9 Å². The summed E-state index contributed by atoms with van der Waals surface area (Å²) >= 11 is 0. The van der Waals surface area contributed by atoms with E-state index in [9.17, 15) is 4.79 Å². The first-order valence-corrected chi connectivity index (χ1v) is 9.11. The fourth-order valence-corrected chi connectivity index (χ4v) is 3.03. The average molecular weight is 353 g/mol. The summed E-state index contributed by atoms with van der Waals surface area (Å²) in [6, 6.07) is 3.74. The third-order valence-corrected chi connectivity index (χ3v) is 4.74. The number of anilines is 1. The van der Waals surface area contributed by atoms with E-state index in [1.54, 1.807) is 0 Å². The van der Waals surface area contributed by atoms with Gasteiger partial charge < -0.3 is 9.84 Å². The molecule has 2 N–H and O–H groups in total. The highest BCUT2D eigenvalue weighted by molar-refractivity contribution is 6.12. The maximum Gasteiger partial charge on any atom is 0.259 e. The van der Waals surface area contributed by atoms with Crippen molar-refractivity contribution in [2.24, 2.45) is 0 Å². The highest BCUT2D eigenvalue weighted by Gasteiger charge is 2.29. The number of fused-ring (bicyclic) bond motifs is 1. The van der Waals surface area contributed by atoms with Crippen LogP contribution in [0.25, 0.3) is 11.1 Å². The number of nitrogens with one attached hydrogen (secondary N) is 2. The third-order valence-electron chi connectivity index (χ3n) is 4.74. The van der Waals surface area contributed by atoms with Crippen LogP contribution in [-0.2, 0) is 0 Å². The lowest BCUT2D eigenvalue weighted by Gasteiger charge is -2.08. The summed E-state index contributed by atoms with van der Waals surface area (Å²) < 4.78 is 5.44. The molecule has 0 unspecified atom stereocenters. The molecule has 1 aliphatic carbocycles. The predicted molar refractivity (Wildman–Crippen MR) is 98.5 cm³/mol. The molecular weight excluding hydrogens is 330 g/mol. The lowest BCUT2D eigenvalue weighted by molar-refractivity contribution is 0.102. The molecule has 4 rings (SSSR count). The molecule has 0 saturated heterocycles. The van der Waals surface area contributed by atoms with E-state index in [-0.39, 0.29) is 11.8 Å². The van der Waals surface area contributed by atoms with Crippen molar-refractivity contribution in [2.75, 3.05) is 5.32 Å². The zero-order valence-electron chi connectivity index (χ0n) is 15.5. The summed E-state index contributed by atoms with van der Waals surface area (Å²) in [6.45, 7) is 8.19. The van der Waals surface area contributed by atoms with Gasteiger partial charge in [0.25, 0.3) is 11.6 Å². The minimum atomic E-state index is -0.216. The normalized spacial score (nSPS) is 14.5. The van der Waals surface area contributed by atoms with E-state index in [1.807, 2.05) is 26.0 Å². The van der Waals surface area contributed by atoms with Crippen LogP contribution in [0.3, 0.4) is 0 Å². The molecule has 0 spiro atoms. The predicted octanol–water partition coefficient (Wildman–Crippen LogP) is 4.32. The van der Waals surface area contributed by atoms with E-state index in [2.05, 4.69) is 39.5 Å². The zero-order chi connectivity index (χ0) is 18.4. The number of amides is 1. The van der Waals surface area contributed by atoms with Gasteiger partial charge in [0, 0.05) is 23.4 Å². The summed E-state index contributed by atoms with van der Waals surface area (Å²) in [5.41, 5.74) is 3.62. The van der Waals surface area contributed by atoms with Crippen LogP contribution in [0.4, 0.5) is 5.82 Å². The molecule has 1 fully saturated rings. The number of aromatic amines is 1. The molecular formula is C19H23N5O2. The number of pyridine rings is 1. The number of hydrogen-bond acceptors (Lipinski definition) is 5. The van der Waals surface area contributed by atoms with Gasteiger partial charge in [0.1, 0.15) is 0 Å². The van der Waals surface area contributed by atoms with Gasteiger partial charge in [0.05, 0.1) is 16.6 Å². The van der Waals surface area contributed by atoms with Crippen LogP contribution >= 0.6 is 0 Å². The lowest BCUT2D eigenvalue weighted by Crippen LogP contribution is -2.14. The molecule has 7 heteroatoms. The Labute approximate surface area is 151 Å². The first kappa shape index (κ1) is 16.8. The number of carbonyl (C=O) groups excluding carboxylic acids is 1. The van der Waals surface area contributed by atoms with Crippen molar-refractivity contribution in [2.45, 2.75) is 58.3 Å². The number of nitrogens with zero attached hydrogens (tertiary/aromatic N) is 3. The molecule has 0 radical (unpaired) electrons. The van der Waals surface area contributed by atoms with Crippen molar-refractivity contribution in [3.8, 4) is 0 Å². The molecule has 3 aromatic heterocycles. The van der Waals surface area contributed by atoms with E-state index in [1.165, 1.54) is 0 Å². The molecule has 0 bridgehead atoms. The maximum absolute atomic E-state index is 13.0. The van der Waals surface area contributed by atoms with Gasteiger partial charge in [-0.25, -0.2) is 4.98 Å². The topological polar surface area (TPSA) is 96.7 Å². The fraction of sp³-hybridized carbons (Fsp3) is 0.474. The van der Waals surface area contributed by atoms with Crippen LogP contribution in [0.1, 0.15) is 85.7 Å². The maximum atomic E-state index is 13.0. The Morgan fingerprint density at radius 2 is 2.00 bits per heavy atom. The molecule has 0 aromatic carbocycles. The molecule has 136 valence electrons. The van der Waals surface area contributed by atoms with Crippen molar-refractivity contribution in [3.05, 3.63) is 34.8 Å². The van der Waals surface area contributed by atoms with Gasteiger partial charge in [-0.05, 0) is 30.7 Å². The van der Waals surface area contributed by atoms with Crippen molar-refractivity contribution in [1.29, 1.82) is 0 Å². The van der Waals surface area contributed by atoms with Gasteiger partial charge in [-0.15, -0.1) is 0 Å². The van der Waals surface area contributed by atoms with Gasteiger partial charge in [-0.1, -0.05) is 32.9 Å². The van der Waals surface area contributed by atoms with Crippen LogP contribution in [0.5, 0.6) is 0 Å². The van der Waals surface area contributed by atoms with Gasteiger partial charge >= 0.3 is 0 Å². The van der Waals surface area contributed by atoms with Gasteiger partial charge in [0.15, 0.2) is 5.82 Å². The first-order valence-electron chi connectivity index (χ1n) is 9.11. The second-order valence-corrected chi connectivity index (χ2v) is 7.59. The van der Waals surface area contributed by atoms with Crippen LogP contribution in [0.15, 0.2) is 16.7 Å².